The fraction of sp³-hybridized carbons (Fsp3) is 0.467. The predicted molar refractivity (Wildman–Crippen MR) is 77.1 cm³/mol. The number of likely N-dealkylation sites (N-methyl/N-ethyl adjacent to an activating group) is 1. The van der Waals surface area contributed by atoms with Crippen LogP contribution in [0, 0.1) is 6.92 Å². The van der Waals surface area contributed by atoms with Crippen molar-refractivity contribution in [1.82, 2.24) is 20.1 Å². The summed E-state index contributed by atoms with van der Waals surface area (Å²) >= 11 is 0. The van der Waals surface area contributed by atoms with Crippen molar-refractivity contribution in [3.8, 4) is 0 Å². The van der Waals surface area contributed by atoms with Crippen molar-refractivity contribution in [3.63, 3.8) is 0 Å². The monoisotopic (exact) mass is 258 g/mol. The largest absolute Gasteiger partial charge is 0.313 e. The molecule has 0 fully saturated rings. The number of aromatic nitrogens is 3. The molecule has 0 aliphatic rings. The molecule has 0 spiro atoms. The van der Waals surface area contributed by atoms with Crippen molar-refractivity contribution in [2.24, 2.45) is 7.05 Å². The maximum absolute atomic E-state index is 4.50. The van der Waals surface area contributed by atoms with Crippen molar-refractivity contribution in [3.05, 3.63) is 47.0 Å². The number of aryl methyl sites for hydroxylation is 3. The van der Waals surface area contributed by atoms with E-state index in [9.17, 15) is 0 Å². The van der Waals surface area contributed by atoms with Crippen LogP contribution in [0.25, 0.3) is 0 Å². The highest BCUT2D eigenvalue weighted by atomic mass is 15.3. The number of pyridine rings is 1. The highest BCUT2D eigenvalue weighted by Gasteiger charge is 2.13. The molecule has 0 aliphatic carbocycles. The molecule has 0 aromatic carbocycles. The first kappa shape index (κ1) is 13.7. The lowest BCUT2D eigenvalue weighted by atomic mass is 10.0. The second-order valence-electron chi connectivity index (χ2n) is 4.88. The summed E-state index contributed by atoms with van der Waals surface area (Å²) in [5.74, 6) is 0. The molecule has 2 aromatic rings. The molecule has 0 radical (unpaired) electrons. The van der Waals surface area contributed by atoms with Crippen LogP contribution in [0.2, 0.25) is 0 Å². The summed E-state index contributed by atoms with van der Waals surface area (Å²) in [7, 11) is 4.01. The fourth-order valence-electron chi connectivity index (χ4n) is 2.32. The lowest BCUT2D eigenvalue weighted by Gasteiger charge is -2.17. The third kappa shape index (κ3) is 3.20. The second kappa shape index (κ2) is 5.97. The summed E-state index contributed by atoms with van der Waals surface area (Å²) in [6.07, 6.45) is 3.78. The molecule has 0 aliphatic heterocycles. The van der Waals surface area contributed by atoms with Gasteiger partial charge in [-0.2, -0.15) is 5.10 Å². The van der Waals surface area contributed by atoms with E-state index in [1.807, 2.05) is 31.9 Å². The molecule has 4 nitrogen and oxygen atoms in total. The molecular formula is C15H22N4. The van der Waals surface area contributed by atoms with Crippen molar-refractivity contribution in [2.75, 3.05) is 7.05 Å². The van der Waals surface area contributed by atoms with Crippen molar-refractivity contribution in [2.45, 2.75) is 32.7 Å². The molecule has 2 aromatic heterocycles. The van der Waals surface area contributed by atoms with Gasteiger partial charge >= 0.3 is 0 Å². The number of rotatable bonds is 5. The van der Waals surface area contributed by atoms with Crippen LogP contribution in [0.1, 0.15) is 35.6 Å². The van der Waals surface area contributed by atoms with Gasteiger partial charge < -0.3 is 5.32 Å². The zero-order valence-corrected chi connectivity index (χ0v) is 12.1. The lowest BCUT2D eigenvalue weighted by Crippen LogP contribution is -2.20. The zero-order chi connectivity index (χ0) is 13.8. The number of nitrogens with one attached hydrogen (secondary N) is 1. The first-order chi connectivity index (χ1) is 9.13. The summed E-state index contributed by atoms with van der Waals surface area (Å²) in [6, 6.07) is 6.70. The maximum atomic E-state index is 4.50. The summed E-state index contributed by atoms with van der Waals surface area (Å²) in [6.45, 7) is 4.16. The molecule has 0 saturated heterocycles. The van der Waals surface area contributed by atoms with E-state index < -0.39 is 0 Å². The van der Waals surface area contributed by atoms with Gasteiger partial charge in [0.1, 0.15) is 0 Å². The SMILES string of the molecule is CCc1cc(CC(NC)c2ccnc(C)c2)n(C)n1. The smallest absolute Gasteiger partial charge is 0.0624 e. The Morgan fingerprint density at radius 2 is 2.16 bits per heavy atom. The van der Waals surface area contributed by atoms with E-state index in [1.54, 1.807) is 0 Å². The van der Waals surface area contributed by atoms with E-state index in [2.05, 4.69) is 40.5 Å². The average Bonchev–Trinajstić information content (AvgIpc) is 2.76. The Morgan fingerprint density at radius 1 is 1.37 bits per heavy atom. The highest BCUT2D eigenvalue weighted by molar-refractivity contribution is 5.22. The topological polar surface area (TPSA) is 42.7 Å². The van der Waals surface area contributed by atoms with Gasteiger partial charge in [-0.3, -0.25) is 9.67 Å². The molecule has 0 amide bonds. The summed E-state index contributed by atoms with van der Waals surface area (Å²) < 4.78 is 1.98. The molecule has 2 heterocycles. The van der Waals surface area contributed by atoms with Crippen molar-refractivity contribution in [1.29, 1.82) is 0 Å². The zero-order valence-electron chi connectivity index (χ0n) is 12.1. The van der Waals surface area contributed by atoms with Crippen LogP contribution in [-0.4, -0.2) is 21.8 Å². The third-order valence-corrected chi connectivity index (χ3v) is 3.47. The van der Waals surface area contributed by atoms with Crippen LogP contribution >= 0.6 is 0 Å². The molecule has 2 rings (SSSR count). The van der Waals surface area contributed by atoms with Gasteiger partial charge in [0.05, 0.1) is 5.69 Å². The van der Waals surface area contributed by atoms with Gasteiger partial charge in [-0.25, -0.2) is 0 Å². The number of hydrogen-bond acceptors (Lipinski definition) is 3. The van der Waals surface area contributed by atoms with E-state index >= 15 is 0 Å². The van der Waals surface area contributed by atoms with Crippen LogP contribution in [0.4, 0.5) is 0 Å². The van der Waals surface area contributed by atoms with Gasteiger partial charge in [0.15, 0.2) is 0 Å². The van der Waals surface area contributed by atoms with Gasteiger partial charge in [0.25, 0.3) is 0 Å². The van der Waals surface area contributed by atoms with Gasteiger partial charge in [-0.15, -0.1) is 0 Å². The minimum Gasteiger partial charge on any atom is -0.313 e. The van der Waals surface area contributed by atoms with Crippen molar-refractivity contribution >= 4 is 0 Å². The fourth-order valence-corrected chi connectivity index (χ4v) is 2.32. The number of nitrogens with zero attached hydrogens (tertiary/aromatic N) is 3. The Hall–Kier alpha value is -1.68. The Bertz CT molecular complexity index is 545. The molecule has 102 valence electrons. The molecule has 19 heavy (non-hydrogen) atoms. The highest BCUT2D eigenvalue weighted by Crippen LogP contribution is 2.19. The van der Waals surface area contributed by atoms with Crippen LogP contribution in [0.5, 0.6) is 0 Å². The van der Waals surface area contributed by atoms with Crippen LogP contribution < -0.4 is 5.32 Å². The normalized spacial score (nSPS) is 12.6. The van der Waals surface area contributed by atoms with Gasteiger partial charge in [-0.1, -0.05) is 6.92 Å². The summed E-state index contributed by atoms with van der Waals surface area (Å²) in [5, 5.41) is 7.88. The minimum absolute atomic E-state index is 0.293. The Labute approximate surface area is 114 Å². The summed E-state index contributed by atoms with van der Waals surface area (Å²) in [4.78, 5) is 4.25. The molecule has 4 heteroatoms. The molecule has 0 bridgehead atoms. The minimum atomic E-state index is 0.293. The predicted octanol–water partition coefficient (Wildman–Crippen LogP) is 2.19. The molecular weight excluding hydrogens is 236 g/mol. The molecule has 1 unspecified atom stereocenters. The van der Waals surface area contributed by atoms with Gasteiger partial charge in [0.2, 0.25) is 0 Å². The molecule has 1 N–H and O–H groups in total. The van der Waals surface area contributed by atoms with E-state index in [1.165, 1.54) is 11.3 Å². The Morgan fingerprint density at radius 3 is 2.74 bits per heavy atom. The standard InChI is InChI=1S/C15H22N4/c1-5-13-9-14(19(4)18-13)10-15(16-3)12-6-7-17-11(2)8-12/h6-9,15-16H,5,10H2,1-4H3. The van der Waals surface area contributed by atoms with E-state index in [0.717, 1.165) is 24.2 Å². The van der Waals surface area contributed by atoms with Crippen LogP contribution in [-0.2, 0) is 19.9 Å². The van der Waals surface area contributed by atoms with Crippen LogP contribution in [0.3, 0.4) is 0 Å². The lowest BCUT2D eigenvalue weighted by molar-refractivity contribution is 0.560. The molecule has 0 saturated carbocycles. The van der Waals surface area contributed by atoms with Crippen molar-refractivity contribution < 1.29 is 0 Å². The number of hydrogen-bond donors (Lipinski definition) is 1. The van der Waals surface area contributed by atoms with Gasteiger partial charge in [0, 0.05) is 37.1 Å². The first-order valence-electron chi connectivity index (χ1n) is 6.75. The van der Waals surface area contributed by atoms with E-state index in [0.29, 0.717) is 6.04 Å². The first-order valence-corrected chi connectivity index (χ1v) is 6.75. The quantitative estimate of drug-likeness (QED) is 0.894. The van der Waals surface area contributed by atoms with Crippen LogP contribution in [0.15, 0.2) is 24.4 Å². The average molecular weight is 258 g/mol. The maximum Gasteiger partial charge on any atom is 0.0624 e. The van der Waals surface area contributed by atoms with E-state index in [4.69, 9.17) is 0 Å². The Kier molecular flexibility index (Phi) is 4.32. The van der Waals surface area contributed by atoms with E-state index in [-0.39, 0.29) is 0 Å². The summed E-state index contributed by atoms with van der Waals surface area (Å²) in [5.41, 5.74) is 4.73. The molecule has 1 atom stereocenters. The Balaban J connectivity index is 2.21. The third-order valence-electron chi connectivity index (χ3n) is 3.47. The second-order valence-corrected chi connectivity index (χ2v) is 4.88. The van der Waals surface area contributed by atoms with Gasteiger partial charge in [-0.05, 0) is 44.2 Å².